The SMILES string of the molecule is N=C(N)NC(=N)N.OCCO. The van der Waals surface area contributed by atoms with Crippen LogP contribution in [0.2, 0.25) is 0 Å². The number of nitrogens with two attached hydrogens (primary N) is 2. The molecule has 0 aliphatic carbocycles. The predicted molar refractivity (Wildman–Crippen MR) is 41.1 cm³/mol. The Bertz CT molecular complexity index is 112. The molecule has 11 heavy (non-hydrogen) atoms. The van der Waals surface area contributed by atoms with Crippen molar-refractivity contribution in [2.24, 2.45) is 11.5 Å². The molecule has 0 heterocycles. The van der Waals surface area contributed by atoms with Gasteiger partial charge in [-0.05, 0) is 0 Å². The van der Waals surface area contributed by atoms with E-state index in [1.54, 1.807) is 0 Å². The highest BCUT2D eigenvalue weighted by Gasteiger charge is 1.83. The third-order valence-electron chi connectivity index (χ3n) is 0.369. The highest BCUT2D eigenvalue weighted by Crippen LogP contribution is 1.44. The van der Waals surface area contributed by atoms with E-state index in [1.807, 2.05) is 5.32 Å². The van der Waals surface area contributed by atoms with Crippen molar-refractivity contribution in [1.82, 2.24) is 5.32 Å². The van der Waals surface area contributed by atoms with Gasteiger partial charge in [-0.2, -0.15) is 0 Å². The summed E-state index contributed by atoms with van der Waals surface area (Å²) in [7, 11) is 0. The zero-order valence-corrected chi connectivity index (χ0v) is 5.96. The van der Waals surface area contributed by atoms with Crippen LogP contribution in [0.5, 0.6) is 0 Å². The normalized spacial score (nSPS) is 7.45. The molecule has 0 aliphatic rings. The number of rotatable bonds is 1. The van der Waals surface area contributed by atoms with E-state index in [2.05, 4.69) is 0 Å². The molecule has 0 amide bonds. The number of aliphatic hydroxyl groups is 2. The third-order valence-corrected chi connectivity index (χ3v) is 0.369. The largest absolute Gasteiger partial charge is 0.394 e. The van der Waals surface area contributed by atoms with Crippen molar-refractivity contribution in [1.29, 1.82) is 10.8 Å². The van der Waals surface area contributed by atoms with E-state index in [0.29, 0.717) is 0 Å². The number of aliphatic hydroxyl groups excluding tert-OH is 2. The Labute approximate surface area is 64.0 Å². The van der Waals surface area contributed by atoms with Crippen LogP contribution in [-0.4, -0.2) is 35.3 Å². The van der Waals surface area contributed by atoms with Crippen molar-refractivity contribution >= 4 is 11.9 Å². The van der Waals surface area contributed by atoms with Crippen LogP contribution >= 0.6 is 0 Å². The first-order valence-corrected chi connectivity index (χ1v) is 2.71. The topological polar surface area (TPSA) is 152 Å². The van der Waals surface area contributed by atoms with Gasteiger partial charge in [0.25, 0.3) is 0 Å². The monoisotopic (exact) mass is 163 g/mol. The second kappa shape index (κ2) is 8.66. The molecule has 0 aromatic heterocycles. The summed E-state index contributed by atoms with van der Waals surface area (Å²) in [6.07, 6.45) is 0. The first kappa shape index (κ1) is 12.3. The van der Waals surface area contributed by atoms with Gasteiger partial charge in [-0.25, -0.2) is 0 Å². The fourth-order valence-electron chi connectivity index (χ4n) is 0.145. The van der Waals surface area contributed by atoms with Gasteiger partial charge in [0, 0.05) is 0 Å². The maximum Gasteiger partial charge on any atom is 0.192 e. The van der Waals surface area contributed by atoms with Crippen LogP contribution in [0, 0.1) is 10.8 Å². The lowest BCUT2D eigenvalue weighted by Gasteiger charge is -1.95. The molecular formula is C4H13N5O2. The van der Waals surface area contributed by atoms with Gasteiger partial charge in [0.1, 0.15) is 0 Å². The maximum atomic E-state index is 7.62. The minimum Gasteiger partial charge on any atom is -0.394 e. The molecule has 0 fully saturated rings. The molecular weight excluding hydrogens is 150 g/mol. The van der Waals surface area contributed by atoms with Crippen molar-refractivity contribution in [2.45, 2.75) is 0 Å². The summed E-state index contributed by atoms with van der Waals surface area (Å²) < 4.78 is 0. The van der Waals surface area contributed by atoms with Crippen LogP contribution in [0.25, 0.3) is 0 Å². The first-order chi connectivity index (χ1) is 5.04. The summed E-state index contributed by atoms with van der Waals surface area (Å²) in [5.74, 6) is -0.625. The maximum absolute atomic E-state index is 7.62. The van der Waals surface area contributed by atoms with Crippen molar-refractivity contribution in [3.63, 3.8) is 0 Å². The van der Waals surface area contributed by atoms with E-state index < -0.39 is 0 Å². The number of nitrogens with one attached hydrogen (secondary N) is 3. The van der Waals surface area contributed by atoms with Gasteiger partial charge in [0.15, 0.2) is 11.9 Å². The van der Waals surface area contributed by atoms with Gasteiger partial charge in [-0.15, -0.1) is 0 Å². The van der Waals surface area contributed by atoms with Crippen molar-refractivity contribution in [3.8, 4) is 0 Å². The van der Waals surface area contributed by atoms with E-state index in [1.165, 1.54) is 0 Å². The third kappa shape index (κ3) is 28.7. The predicted octanol–water partition coefficient (Wildman–Crippen LogP) is -2.67. The fourth-order valence-corrected chi connectivity index (χ4v) is 0.145. The molecule has 0 atom stereocenters. The Morgan fingerprint density at radius 2 is 1.36 bits per heavy atom. The summed E-state index contributed by atoms with van der Waals surface area (Å²) in [6, 6.07) is 0. The van der Waals surface area contributed by atoms with E-state index in [9.17, 15) is 0 Å². The second-order valence-corrected chi connectivity index (χ2v) is 1.40. The van der Waals surface area contributed by atoms with E-state index in [4.69, 9.17) is 32.5 Å². The molecule has 0 unspecified atom stereocenters. The quantitative estimate of drug-likeness (QED) is 0.166. The Morgan fingerprint density at radius 1 is 1.09 bits per heavy atom. The molecule has 9 N–H and O–H groups in total. The molecule has 0 saturated heterocycles. The van der Waals surface area contributed by atoms with Gasteiger partial charge in [0.05, 0.1) is 13.2 Å². The standard InChI is InChI=1S/C2H7N5.C2H6O2/c3-1(4)7-2(5)6;3-1-2-4/h(H7,3,4,5,6,7);3-4H,1-2H2. The van der Waals surface area contributed by atoms with E-state index >= 15 is 0 Å². The number of hydrogen-bond acceptors (Lipinski definition) is 4. The zero-order valence-electron chi connectivity index (χ0n) is 5.96. The minimum absolute atomic E-state index is 0.125. The Morgan fingerprint density at radius 3 is 1.36 bits per heavy atom. The van der Waals surface area contributed by atoms with Crippen LogP contribution in [-0.2, 0) is 0 Å². The molecule has 0 aromatic carbocycles. The minimum atomic E-state index is -0.312. The van der Waals surface area contributed by atoms with Gasteiger partial charge < -0.3 is 21.7 Å². The van der Waals surface area contributed by atoms with Gasteiger partial charge in [-0.1, -0.05) is 0 Å². The van der Waals surface area contributed by atoms with Gasteiger partial charge in [0.2, 0.25) is 0 Å². The molecule has 0 rings (SSSR count). The average Bonchev–Trinajstić information content (AvgIpc) is 1.85. The van der Waals surface area contributed by atoms with Gasteiger partial charge in [-0.3, -0.25) is 16.1 Å². The summed E-state index contributed by atoms with van der Waals surface area (Å²) in [4.78, 5) is 0. The highest BCUT2D eigenvalue weighted by molar-refractivity contribution is 5.93. The summed E-state index contributed by atoms with van der Waals surface area (Å²) in [6.45, 7) is -0.250. The molecule has 0 aromatic rings. The van der Waals surface area contributed by atoms with Crippen LogP contribution in [0.1, 0.15) is 0 Å². The average molecular weight is 163 g/mol. The van der Waals surface area contributed by atoms with E-state index in [-0.39, 0.29) is 25.1 Å². The molecule has 0 spiro atoms. The molecule has 66 valence electrons. The molecule has 0 bridgehead atoms. The summed E-state index contributed by atoms with van der Waals surface area (Å²) >= 11 is 0. The molecule has 7 heteroatoms. The van der Waals surface area contributed by atoms with Crippen molar-refractivity contribution < 1.29 is 10.2 Å². The fraction of sp³-hybridized carbons (Fsp3) is 0.500. The highest BCUT2D eigenvalue weighted by atomic mass is 16.3. The Hall–Kier alpha value is -1.34. The van der Waals surface area contributed by atoms with Crippen LogP contribution < -0.4 is 16.8 Å². The zero-order chi connectivity index (χ0) is 9.28. The lowest BCUT2D eigenvalue weighted by molar-refractivity contribution is 0.186. The lowest BCUT2D eigenvalue weighted by atomic mass is 10.8. The first-order valence-electron chi connectivity index (χ1n) is 2.71. The molecule has 0 aliphatic heterocycles. The van der Waals surface area contributed by atoms with Crippen LogP contribution in [0.4, 0.5) is 0 Å². The van der Waals surface area contributed by atoms with Crippen molar-refractivity contribution in [2.75, 3.05) is 13.2 Å². The number of guanidine groups is 2. The lowest BCUT2D eigenvalue weighted by Crippen LogP contribution is -2.39. The summed E-state index contributed by atoms with van der Waals surface area (Å²) in [5, 5.41) is 30.2. The number of hydrogen-bond donors (Lipinski definition) is 7. The van der Waals surface area contributed by atoms with Crippen LogP contribution in [0.15, 0.2) is 0 Å². The second-order valence-electron chi connectivity index (χ2n) is 1.40. The van der Waals surface area contributed by atoms with Crippen molar-refractivity contribution in [3.05, 3.63) is 0 Å². The Kier molecular flexibility index (Phi) is 9.72. The van der Waals surface area contributed by atoms with Gasteiger partial charge >= 0.3 is 0 Å². The van der Waals surface area contributed by atoms with Crippen LogP contribution in [0.3, 0.4) is 0 Å². The molecule has 0 saturated carbocycles. The summed E-state index contributed by atoms with van der Waals surface area (Å²) in [5.41, 5.74) is 9.49. The molecule has 7 nitrogen and oxygen atoms in total. The molecule has 0 radical (unpaired) electrons. The Balaban J connectivity index is 0. The van der Waals surface area contributed by atoms with E-state index in [0.717, 1.165) is 0 Å². The smallest absolute Gasteiger partial charge is 0.192 e.